The summed E-state index contributed by atoms with van der Waals surface area (Å²) >= 11 is 1.22. The molecule has 3 N–H and O–H groups in total. The second-order valence-electron chi connectivity index (χ2n) is 7.93. The van der Waals surface area contributed by atoms with Gasteiger partial charge in [0.25, 0.3) is 5.91 Å². The van der Waals surface area contributed by atoms with E-state index in [9.17, 15) is 29.1 Å². The molecule has 1 unspecified atom stereocenters. The van der Waals surface area contributed by atoms with Gasteiger partial charge in [-0.2, -0.15) is 0 Å². The number of anilines is 2. The number of aromatic carboxylic acids is 2. The van der Waals surface area contributed by atoms with Crippen molar-refractivity contribution >= 4 is 52.8 Å². The Morgan fingerprint density at radius 1 is 0.919 bits per heavy atom. The second-order valence-corrected chi connectivity index (χ2v) is 9.20. The molecule has 1 heterocycles. The van der Waals surface area contributed by atoms with Crippen LogP contribution in [0.1, 0.15) is 37.5 Å². The van der Waals surface area contributed by atoms with E-state index < -0.39 is 28.7 Å². The SMILES string of the molecule is COc1ccc(N2C(=O)CC(Sc3ccc(NC(=O)c4ccc(C(=O)O)cc4C(=O)O)cc3)C2=O)cc1. The van der Waals surface area contributed by atoms with Gasteiger partial charge in [0, 0.05) is 17.0 Å². The van der Waals surface area contributed by atoms with E-state index in [4.69, 9.17) is 9.84 Å². The Labute approximate surface area is 214 Å². The lowest BCUT2D eigenvalue weighted by Crippen LogP contribution is -2.31. The fraction of sp³-hybridized carbons (Fsp3) is 0.115. The minimum absolute atomic E-state index is 0.0400. The molecule has 10 nitrogen and oxygen atoms in total. The van der Waals surface area contributed by atoms with E-state index in [0.29, 0.717) is 22.0 Å². The van der Waals surface area contributed by atoms with Crippen molar-refractivity contribution in [2.45, 2.75) is 16.6 Å². The summed E-state index contributed by atoms with van der Waals surface area (Å²) in [5.74, 6) is -3.49. The zero-order chi connectivity index (χ0) is 26.7. The van der Waals surface area contributed by atoms with Crippen LogP contribution in [0.2, 0.25) is 0 Å². The van der Waals surface area contributed by atoms with Crippen LogP contribution in [-0.2, 0) is 9.59 Å². The number of ether oxygens (including phenoxy) is 1. The van der Waals surface area contributed by atoms with Gasteiger partial charge in [0.1, 0.15) is 5.75 Å². The van der Waals surface area contributed by atoms with Gasteiger partial charge in [-0.25, -0.2) is 14.5 Å². The van der Waals surface area contributed by atoms with Crippen LogP contribution in [0.3, 0.4) is 0 Å². The maximum absolute atomic E-state index is 12.9. The van der Waals surface area contributed by atoms with Gasteiger partial charge >= 0.3 is 11.9 Å². The second kappa shape index (κ2) is 10.5. The minimum atomic E-state index is -1.43. The van der Waals surface area contributed by atoms with Gasteiger partial charge in [0.15, 0.2) is 0 Å². The molecule has 1 fully saturated rings. The van der Waals surface area contributed by atoms with Crippen molar-refractivity contribution in [2.75, 3.05) is 17.3 Å². The minimum Gasteiger partial charge on any atom is -0.497 e. The number of amides is 3. The van der Waals surface area contributed by atoms with Gasteiger partial charge in [-0.1, -0.05) is 0 Å². The molecule has 0 spiro atoms. The Morgan fingerprint density at radius 2 is 1.59 bits per heavy atom. The summed E-state index contributed by atoms with van der Waals surface area (Å²) in [5.41, 5.74) is -0.0448. The molecule has 3 aromatic rings. The quantitative estimate of drug-likeness (QED) is 0.377. The summed E-state index contributed by atoms with van der Waals surface area (Å²) in [4.78, 5) is 62.6. The van der Waals surface area contributed by atoms with Crippen LogP contribution in [0.5, 0.6) is 5.75 Å². The van der Waals surface area contributed by atoms with Crippen LogP contribution in [0.15, 0.2) is 71.6 Å². The maximum Gasteiger partial charge on any atom is 0.336 e. The number of benzene rings is 3. The van der Waals surface area contributed by atoms with Crippen molar-refractivity contribution in [3.8, 4) is 5.75 Å². The number of carboxylic acid groups (broad SMARTS) is 2. The largest absolute Gasteiger partial charge is 0.497 e. The summed E-state index contributed by atoms with van der Waals surface area (Å²) in [7, 11) is 1.52. The third-order valence-electron chi connectivity index (χ3n) is 5.57. The number of hydrogen-bond donors (Lipinski definition) is 3. The predicted octanol–water partition coefficient (Wildman–Crippen LogP) is 3.77. The third kappa shape index (κ3) is 5.46. The van der Waals surface area contributed by atoms with E-state index >= 15 is 0 Å². The van der Waals surface area contributed by atoms with Crippen molar-refractivity contribution in [1.29, 1.82) is 0 Å². The highest BCUT2D eigenvalue weighted by atomic mass is 32.2. The van der Waals surface area contributed by atoms with Crippen molar-refractivity contribution in [3.63, 3.8) is 0 Å². The number of methoxy groups -OCH3 is 1. The van der Waals surface area contributed by atoms with Gasteiger partial charge in [-0.3, -0.25) is 14.4 Å². The molecule has 3 aromatic carbocycles. The van der Waals surface area contributed by atoms with Crippen molar-refractivity contribution in [2.24, 2.45) is 0 Å². The van der Waals surface area contributed by atoms with E-state index in [-0.39, 0.29) is 29.4 Å². The fourth-order valence-electron chi connectivity index (χ4n) is 3.73. The predicted molar refractivity (Wildman–Crippen MR) is 135 cm³/mol. The van der Waals surface area contributed by atoms with Crippen molar-refractivity contribution in [1.82, 2.24) is 0 Å². The van der Waals surface area contributed by atoms with E-state index in [2.05, 4.69) is 5.32 Å². The highest BCUT2D eigenvalue weighted by Gasteiger charge is 2.40. The van der Waals surface area contributed by atoms with Crippen LogP contribution in [-0.4, -0.2) is 52.2 Å². The molecule has 0 aliphatic carbocycles. The lowest BCUT2D eigenvalue weighted by atomic mass is 10.0. The first-order valence-corrected chi connectivity index (χ1v) is 11.8. The molecule has 4 rings (SSSR count). The van der Waals surface area contributed by atoms with Gasteiger partial charge < -0.3 is 20.3 Å². The molecule has 37 heavy (non-hydrogen) atoms. The molecule has 1 atom stereocenters. The number of carbonyl (C=O) groups excluding carboxylic acids is 3. The number of carboxylic acids is 2. The van der Waals surface area contributed by atoms with E-state index in [1.807, 2.05) is 0 Å². The molecule has 11 heteroatoms. The molecule has 1 aliphatic rings. The molecule has 0 saturated carbocycles. The number of thioether (sulfide) groups is 1. The topological polar surface area (TPSA) is 150 Å². The van der Waals surface area contributed by atoms with Crippen LogP contribution in [0, 0.1) is 0 Å². The lowest BCUT2D eigenvalue weighted by Gasteiger charge is -2.15. The van der Waals surface area contributed by atoms with Crippen LogP contribution in [0.4, 0.5) is 11.4 Å². The summed E-state index contributed by atoms with van der Waals surface area (Å²) in [6.07, 6.45) is 0.0400. The Hall–Kier alpha value is -4.64. The monoisotopic (exact) mass is 520 g/mol. The summed E-state index contributed by atoms with van der Waals surface area (Å²) < 4.78 is 5.11. The normalized spacial score (nSPS) is 14.9. The number of nitrogens with one attached hydrogen (secondary N) is 1. The molecule has 0 radical (unpaired) electrons. The zero-order valence-electron chi connectivity index (χ0n) is 19.3. The molecule has 0 aromatic heterocycles. The fourth-order valence-corrected chi connectivity index (χ4v) is 4.78. The average molecular weight is 521 g/mol. The number of imide groups is 1. The van der Waals surface area contributed by atoms with Crippen LogP contribution in [0.25, 0.3) is 0 Å². The molecular formula is C26H20N2O8S. The first-order chi connectivity index (χ1) is 17.7. The van der Waals surface area contributed by atoms with Gasteiger partial charge in [0.05, 0.1) is 34.7 Å². The summed E-state index contributed by atoms with van der Waals surface area (Å²) in [5, 5.41) is 20.4. The zero-order valence-corrected chi connectivity index (χ0v) is 20.2. The number of rotatable bonds is 8. The molecule has 1 saturated heterocycles. The average Bonchev–Trinajstić information content (AvgIpc) is 3.16. The number of carbonyl (C=O) groups is 5. The van der Waals surface area contributed by atoms with Crippen molar-refractivity contribution in [3.05, 3.63) is 83.4 Å². The highest BCUT2D eigenvalue weighted by molar-refractivity contribution is 8.00. The molecule has 188 valence electrons. The van der Waals surface area contributed by atoms with Gasteiger partial charge in [-0.15, -0.1) is 11.8 Å². The Morgan fingerprint density at radius 3 is 2.19 bits per heavy atom. The first kappa shape index (κ1) is 25.5. The Bertz CT molecular complexity index is 1400. The lowest BCUT2D eigenvalue weighted by molar-refractivity contribution is -0.121. The molecule has 1 aliphatic heterocycles. The number of nitrogens with zero attached hydrogens (tertiary/aromatic N) is 1. The van der Waals surface area contributed by atoms with Gasteiger partial charge in [0.2, 0.25) is 11.8 Å². The molecular weight excluding hydrogens is 500 g/mol. The highest BCUT2D eigenvalue weighted by Crippen LogP contribution is 2.35. The molecule has 0 bridgehead atoms. The van der Waals surface area contributed by atoms with E-state index in [1.54, 1.807) is 48.5 Å². The number of hydrogen-bond acceptors (Lipinski definition) is 7. The van der Waals surface area contributed by atoms with E-state index in [0.717, 1.165) is 23.1 Å². The smallest absolute Gasteiger partial charge is 0.336 e. The molecule has 3 amide bonds. The van der Waals surface area contributed by atoms with Crippen LogP contribution >= 0.6 is 11.8 Å². The maximum atomic E-state index is 12.9. The summed E-state index contributed by atoms with van der Waals surface area (Å²) in [6.45, 7) is 0. The Kier molecular flexibility index (Phi) is 7.25. The van der Waals surface area contributed by atoms with Crippen molar-refractivity contribution < 1.29 is 38.9 Å². The Balaban J connectivity index is 1.43. The third-order valence-corrected chi connectivity index (χ3v) is 6.77. The van der Waals surface area contributed by atoms with E-state index in [1.165, 1.54) is 18.9 Å². The standard InChI is InChI=1S/C26H20N2O8S/c1-36-17-7-5-16(6-8-17)28-22(29)13-21(24(28)31)37-18-9-3-15(4-10-18)27-23(30)19-11-2-14(25(32)33)12-20(19)26(34)35/h2-12,21H,13H2,1H3,(H,27,30)(H,32,33)(H,34,35). The summed E-state index contributed by atoms with van der Waals surface area (Å²) in [6, 6.07) is 16.3. The van der Waals surface area contributed by atoms with Crippen LogP contribution < -0.4 is 15.0 Å². The van der Waals surface area contributed by atoms with Gasteiger partial charge in [-0.05, 0) is 66.7 Å². The first-order valence-electron chi connectivity index (χ1n) is 10.9.